The van der Waals surface area contributed by atoms with Crippen LogP contribution in [-0.4, -0.2) is 32.8 Å². The van der Waals surface area contributed by atoms with E-state index in [0.29, 0.717) is 28.2 Å². The summed E-state index contributed by atoms with van der Waals surface area (Å²) in [4.78, 5) is 40.0. The van der Waals surface area contributed by atoms with E-state index in [0.717, 1.165) is 15.3 Å². The molecule has 9 nitrogen and oxygen atoms in total. The molecule has 1 atom stereocenters. The Morgan fingerprint density at radius 2 is 1.71 bits per heavy atom. The fourth-order valence-corrected chi connectivity index (χ4v) is 5.78. The van der Waals surface area contributed by atoms with Crippen LogP contribution in [0, 0.1) is 13.8 Å². The minimum atomic E-state index is -1.03. The zero-order valence-electron chi connectivity index (χ0n) is 22.2. The number of hydrogen-bond acceptors (Lipinski definition) is 6. The lowest BCUT2D eigenvalue weighted by Crippen LogP contribution is -2.44. The number of aromatic hydroxyl groups is 1. The molecular formula is C29H30N4O5. The van der Waals surface area contributed by atoms with E-state index >= 15 is 0 Å². The minimum absolute atomic E-state index is 0.0730. The number of carbonyl (C=O) groups excluding carboxylic acids is 1. The van der Waals surface area contributed by atoms with Crippen molar-refractivity contribution in [3.05, 3.63) is 91.1 Å². The monoisotopic (exact) mass is 514 g/mol. The molecule has 0 spiro atoms. The summed E-state index contributed by atoms with van der Waals surface area (Å²) in [5, 5.41) is 15.8. The topological polar surface area (TPSA) is 129 Å². The van der Waals surface area contributed by atoms with Crippen LogP contribution in [-0.2, 0) is 7.05 Å². The molecule has 1 aliphatic heterocycles. The first-order chi connectivity index (χ1) is 17.9. The zero-order valence-corrected chi connectivity index (χ0v) is 22.2. The fraction of sp³-hybridized carbons (Fsp3) is 0.276. The van der Waals surface area contributed by atoms with Crippen molar-refractivity contribution in [3.63, 3.8) is 0 Å². The van der Waals surface area contributed by atoms with Gasteiger partial charge in [0.2, 0.25) is 0 Å². The molecule has 0 saturated carbocycles. The molecule has 1 amide bonds. The lowest BCUT2D eigenvalue weighted by atomic mass is 9.78. The Morgan fingerprint density at radius 3 is 2.37 bits per heavy atom. The number of rotatable bonds is 4. The standard InChI is InChI=1S/C29H30N4O5/c1-14-19-22(29(3,4)38-24(19)20(25(30)35)15(2)23(14)34)21-26(31-5)33(28(37)32(6)27(21)36)18-13-9-11-16-10-7-8-12-17(16)18/h7-13,22,31,34H,1-6H3,(H2,30,35). The maximum Gasteiger partial charge on any atom is 0.336 e. The number of nitrogens with one attached hydrogen (secondary N) is 1. The van der Waals surface area contributed by atoms with Crippen molar-refractivity contribution in [2.45, 2.75) is 39.2 Å². The Balaban J connectivity index is 1.95. The first kappa shape index (κ1) is 25.1. The van der Waals surface area contributed by atoms with Gasteiger partial charge in [-0.25, -0.2) is 9.36 Å². The molecule has 1 aliphatic rings. The molecule has 0 aliphatic carbocycles. The maximum atomic E-state index is 13.9. The van der Waals surface area contributed by atoms with Crippen molar-refractivity contribution in [1.29, 1.82) is 0 Å². The highest BCUT2D eigenvalue weighted by Crippen LogP contribution is 2.54. The van der Waals surface area contributed by atoms with Gasteiger partial charge in [-0.2, -0.15) is 0 Å². The summed E-state index contributed by atoms with van der Waals surface area (Å²) in [6.07, 6.45) is 0. The Hall–Kier alpha value is -4.53. The number of ether oxygens (including phenoxy) is 1. The normalized spacial score (nSPS) is 15.8. The number of hydrogen-bond donors (Lipinski definition) is 3. The first-order valence-corrected chi connectivity index (χ1v) is 12.3. The predicted octanol–water partition coefficient (Wildman–Crippen LogP) is 3.46. The summed E-state index contributed by atoms with van der Waals surface area (Å²) in [5.74, 6) is -1.04. The van der Waals surface area contributed by atoms with E-state index in [2.05, 4.69) is 5.32 Å². The smallest absolute Gasteiger partial charge is 0.336 e. The summed E-state index contributed by atoms with van der Waals surface area (Å²) in [6.45, 7) is 6.93. The van der Waals surface area contributed by atoms with Crippen molar-refractivity contribution in [1.82, 2.24) is 9.13 Å². The zero-order chi connectivity index (χ0) is 27.7. The highest BCUT2D eigenvalue weighted by atomic mass is 16.5. The lowest BCUT2D eigenvalue weighted by molar-refractivity contribution is 0.0976. The highest BCUT2D eigenvalue weighted by molar-refractivity contribution is 5.99. The lowest BCUT2D eigenvalue weighted by Gasteiger charge is -2.29. The first-order valence-electron chi connectivity index (χ1n) is 12.3. The van der Waals surface area contributed by atoms with Gasteiger partial charge in [-0.3, -0.25) is 14.2 Å². The van der Waals surface area contributed by atoms with Crippen LogP contribution in [0.4, 0.5) is 5.82 Å². The molecule has 0 bridgehead atoms. The number of fused-ring (bicyclic) bond motifs is 2. The van der Waals surface area contributed by atoms with Crippen LogP contribution in [0.5, 0.6) is 11.5 Å². The van der Waals surface area contributed by atoms with Gasteiger partial charge in [0, 0.05) is 30.6 Å². The SMILES string of the molecule is CNc1c(C2c3c(C)c(O)c(C)c(C(N)=O)c3OC2(C)C)c(=O)n(C)c(=O)n1-c1cccc2ccccc12. The number of aromatic nitrogens is 2. The van der Waals surface area contributed by atoms with E-state index in [9.17, 15) is 19.5 Å². The second-order valence-corrected chi connectivity index (χ2v) is 10.2. The summed E-state index contributed by atoms with van der Waals surface area (Å²) in [5.41, 5.74) is 5.88. The Kier molecular flexibility index (Phi) is 5.63. The van der Waals surface area contributed by atoms with Gasteiger partial charge in [0.25, 0.3) is 11.5 Å². The van der Waals surface area contributed by atoms with Crippen LogP contribution in [0.3, 0.4) is 0 Å². The Labute approximate surface area is 219 Å². The molecule has 5 rings (SSSR count). The average molecular weight is 515 g/mol. The number of primary amides is 1. The molecule has 0 radical (unpaired) electrons. The van der Waals surface area contributed by atoms with Crippen LogP contribution >= 0.6 is 0 Å². The summed E-state index contributed by atoms with van der Waals surface area (Å²) in [7, 11) is 3.09. The largest absolute Gasteiger partial charge is 0.507 e. The average Bonchev–Trinajstić information content (AvgIpc) is 3.15. The number of amides is 1. The second-order valence-electron chi connectivity index (χ2n) is 10.2. The molecule has 0 fully saturated rings. The molecule has 2 heterocycles. The van der Waals surface area contributed by atoms with Gasteiger partial charge in [0.1, 0.15) is 22.9 Å². The number of nitrogens with two attached hydrogens (primary N) is 1. The van der Waals surface area contributed by atoms with Crippen LogP contribution in [0.1, 0.15) is 52.4 Å². The second kappa shape index (κ2) is 8.51. The third-order valence-electron chi connectivity index (χ3n) is 7.58. The van der Waals surface area contributed by atoms with E-state index < -0.39 is 28.7 Å². The molecule has 4 aromatic rings. The molecule has 3 aromatic carbocycles. The van der Waals surface area contributed by atoms with Gasteiger partial charge in [-0.1, -0.05) is 36.4 Å². The van der Waals surface area contributed by atoms with E-state index in [-0.39, 0.29) is 22.6 Å². The van der Waals surface area contributed by atoms with Crippen molar-refractivity contribution in [2.75, 3.05) is 12.4 Å². The fourth-order valence-electron chi connectivity index (χ4n) is 5.78. The van der Waals surface area contributed by atoms with Crippen molar-refractivity contribution >= 4 is 22.5 Å². The molecule has 38 heavy (non-hydrogen) atoms. The minimum Gasteiger partial charge on any atom is -0.507 e. The van der Waals surface area contributed by atoms with Crippen LogP contribution in [0.2, 0.25) is 0 Å². The molecule has 4 N–H and O–H groups in total. The Bertz CT molecular complexity index is 1780. The molecule has 1 aromatic heterocycles. The number of benzene rings is 3. The number of phenolic OH excluding ortho intramolecular Hbond substituents is 1. The molecule has 196 valence electrons. The summed E-state index contributed by atoms with van der Waals surface area (Å²) >= 11 is 0. The van der Waals surface area contributed by atoms with Gasteiger partial charge in [0.05, 0.1) is 22.7 Å². The van der Waals surface area contributed by atoms with E-state index in [1.54, 1.807) is 34.7 Å². The van der Waals surface area contributed by atoms with E-state index in [1.807, 2.05) is 42.5 Å². The third-order valence-corrected chi connectivity index (χ3v) is 7.58. The number of nitrogens with zero attached hydrogens (tertiary/aromatic N) is 2. The van der Waals surface area contributed by atoms with Crippen molar-refractivity contribution in [3.8, 4) is 17.2 Å². The van der Waals surface area contributed by atoms with Crippen molar-refractivity contribution in [2.24, 2.45) is 12.8 Å². The molecule has 0 saturated heterocycles. The van der Waals surface area contributed by atoms with Crippen LogP contribution in [0.15, 0.2) is 52.1 Å². The third kappa shape index (κ3) is 3.34. The van der Waals surface area contributed by atoms with E-state index in [4.69, 9.17) is 10.5 Å². The summed E-state index contributed by atoms with van der Waals surface area (Å²) < 4.78 is 8.90. The quantitative estimate of drug-likeness (QED) is 0.383. The molecule has 1 unspecified atom stereocenters. The molecular weight excluding hydrogens is 484 g/mol. The number of phenols is 1. The van der Waals surface area contributed by atoms with Gasteiger partial charge in [0.15, 0.2) is 0 Å². The number of anilines is 1. The highest BCUT2D eigenvalue weighted by Gasteiger charge is 2.49. The van der Waals surface area contributed by atoms with Gasteiger partial charge in [-0.15, -0.1) is 0 Å². The summed E-state index contributed by atoms with van der Waals surface area (Å²) in [6, 6.07) is 13.3. The van der Waals surface area contributed by atoms with Crippen molar-refractivity contribution < 1.29 is 14.6 Å². The maximum absolute atomic E-state index is 13.9. The van der Waals surface area contributed by atoms with Gasteiger partial charge < -0.3 is 20.9 Å². The Morgan fingerprint density at radius 1 is 1.05 bits per heavy atom. The predicted molar refractivity (Wildman–Crippen MR) is 147 cm³/mol. The number of carbonyl (C=O) groups is 1. The van der Waals surface area contributed by atoms with Crippen LogP contribution in [0.25, 0.3) is 16.5 Å². The van der Waals surface area contributed by atoms with Gasteiger partial charge >= 0.3 is 5.69 Å². The molecule has 9 heteroatoms. The van der Waals surface area contributed by atoms with Gasteiger partial charge in [-0.05, 0) is 44.7 Å². The van der Waals surface area contributed by atoms with E-state index in [1.165, 1.54) is 11.6 Å². The van der Waals surface area contributed by atoms with Crippen LogP contribution < -0.4 is 27.0 Å².